The second-order valence-electron chi connectivity index (χ2n) is 5.70. The highest BCUT2D eigenvalue weighted by molar-refractivity contribution is 5.50. The lowest BCUT2D eigenvalue weighted by Crippen LogP contribution is -2.57. The average Bonchev–Trinajstić information content (AvgIpc) is 2.31. The van der Waals surface area contributed by atoms with Crippen LogP contribution in [0, 0.1) is 6.92 Å². The van der Waals surface area contributed by atoms with Crippen LogP contribution in [0.1, 0.15) is 32.8 Å². The number of benzene rings is 1. The van der Waals surface area contributed by atoms with Crippen LogP contribution in [0.5, 0.6) is 0 Å². The van der Waals surface area contributed by atoms with E-state index in [1.165, 1.54) is 37.3 Å². The summed E-state index contributed by atoms with van der Waals surface area (Å²) in [6, 6.07) is 10.2. The Bertz CT molecular complexity index is 359. The zero-order chi connectivity index (χ0) is 13.1. The van der Waals surface area contributed by atoms with E-state index in [2.05, 4.69) is 61.8 Å². The molecule has 2 heteroatoms. The van der Waals surface area contributed by atoms with Gasteiger partial charge in [0.05, 0.1) is 0 Å². The first kappa shape index (κ1) is 13.4. The maximum Gasteiger partial charge on any atom is 0.0392 e. The van der Waals surface area contributed by atoms with Gasteiger partial charge in [0.15, 0.2) is 0 Å². The number of piperazine rings is 1. The van der Waals surface area contributed by atoms with Gasteiger partial charge in [0, 0.05) is 30.9 Å². The first-order chi connectivity index (χ1) is 8.61. The second-order valence-corrected chi connectivity index (χ2v) is 5.70. The molecular weight excluding hydrogens is 220 g/mol. The fourth-order valence-corrected chi connectivity index (χ4v) is 3.16. The van der Waals surface area contributed by atoms with E-state index in [1.54, 1.807) is 0 Å². The molecule has 1 heterocycles. The van der Waals surface area contributed by atoms with Crippen molar-refractivity contribution < 1.29 is 0 Å². The molecule has 0 bridgehead atoms. The van der Waals surface area contributed by atoms with Gasteiger partial charge in [0.25, 0.3) is 0 Å². The van der Waals surface area contributed by atoms with Crippen LogP contribution in [0.3, 0.4) is 0 Å². The largest absolute Gasteiger partial charge is 0.364 e. The number of anilines is 1. The van der Waals surface area contributed by atoms with Crippen LogP contribution in [0.2, 0.25) is 0 Å². The maximum atomic E-state index is 2.60. The third-order valence-electron chi connectivity index (χ3n) is 3.87. The monoisotopic (exact) mass is 246 g/mol. The summed E-state index contributed by atoms with van der Waals surface area (Å²) in [6.45, 7) is 12.7. The van der Waals surface area contributed by atoms with Gasteiger partial charge in [-0.1, -0.05) is 24.6 Å². The van der Waals surface area contributed by atoms with Crippen molar-refractivity contribution >= 4 is 5.69 Å². The molecule has 2 nitrogen and oxygen atoms in total. The van der Waals surface area contributed by atoms with E-state index in [4.69, 9.17) is 0 Å². The maximum absolute atomic E-state index is 2.60. The Morgan fingerprint density at radius 1 is 1.06 bits per heavy atom. The Labute approximate surface area is 112 Å². The molecule has 2 rings (SSSR count). The molecule has 0 radical (unpaired) electrons. The zero-order valence-electron chi connectivity index (χ0n) is 12.2. The summed E-state index contributed by atoms with van der Waals surface area (Å²) < 4.78 is 0. The van der Waals surface area contributed by atoms with Gasteiger partial charge in [-0.2, -0.15) is 0 Å². The Hall–Kier alpha value is -1.02. The quantitative estimate of drug-likeness (QED) is 0.807. The minimum absolute atomic E-state index is 0.600. The summed E-state index contributed by atoms with van der Waals surface area (Å²) in [6.07, 6.45) is 1.25. The van der Waals surface area contributed by atoms with Gasteiger partial charge in [-0.05, 0) is 45.9 Å². The standard InChI is InChI=1S/C16H26N2/c1-5-10-17-11-14(3)18(15(4)12-17)16-8-6-13(2)7-9-16/h6-9,14-15H,5,10-12H2,1-4H3/t14-,15-/m1/s1. The van der Waals surface area contributed by atoms with Crippen molar-refractivity contribution in [2.75, 3.05) is 24.5 Å². The van der Waals surface area contributed by atoms with Crippen molar-refractivity contribution in [1.29, 1.82) is 0 Å². The number of nitrogens with zero attached hydrogens (tertiary/aromatic N) is 2. The van der Waals surface area contributed by atoms with Crippen molar-refractivity contribution in [3.8, 4) is 0 Å². The SMILES string of the molecule is CCCN1C[C@@H](C)N(c2ccc(C)cc2)[C@H](C)C1. The highest BCUT2D eigenvalue weighted by atomic mass is 15.3. The predicted octanol–water partition coefficient (Wildman–Crippen LogP) is 3.30. The van der Waals surface area contributed by atoms with Crippen molar-refractivity contribution in [3.05, 3.63) is 29.8 Å². The lowest BCUT2D eigenvalue weighted by Gasteiger charge is -2.46. The molecule has 0 saturated carbocycles. The Balaban J connectivity index is 2.11. The molecule has 0 aliphatic carbocycles. The van der Waals surface area contributed by atoms with Crippen LogP contribution in [-0.2, 0) is 0 Å². The van der Waals surface area contributed by atoms with Crippen LogP contribution < -0.4 is 4.90 Å². The summed E-state index contributed by atoms with van der Waals surface area (Å²) in [4.78, 5) is 5.17. The molecule has 0 spiro atoms. The van der Waals surface area contributed by atoms with E-state index >= 15 is 0 Å². The third kappa shape index (κ3) is 2.86. The molecule has 2 atom stereocenters. The summed E-state index contributed by atoms with van der Waals surface area (Å²) in [5.41, 5.74) is 2.71. The fraction of sp³-hybridized carbons (Fsp3) is 0.625. The molecule has 0 N–H and O–H groups in total. The summed E-state index contributed by atoms with van der Waals surface area (Å²) in [5.74, 6) is 0. The molecule has 1 aliphatic heterocycles. The Kier molecular flexibility index (Phi) is 4.28. The molecule has 0 unspecified atom stereocenters. The molecule has 100 valence electrons. The third-order valence-corrected chi connectivity index (χ3v) is 3.87. The van der Waals surface area contributed by atoms with Gasteiger partial charge in [0.1, 0.15) is 0 Å². The van der Waals surface area contributed by atoms with Crippen LogP contribution in [-0.4, -0.2) is 36.6 Å². The fourth-order valence-electron chi connectivity index (χ4n) is 3.16. The van der Waals surface area contributed by atoms with E-state index in [0.29, 0.717) is 12.1 Å². The van der Waals surface area contributed by atoms with Crippen LogP contribution in [0.15, 0.2) is 24.3 Å². The molecular formula is C16H26N2. The van der Waals surface area contributed by atoms with Crippen molar-refractivity contribution in [1.82, 2.24) is 4.90 Å². The summed E-state index contributed by atoms with van der Waals surface area (Å²) in [5, 5.41) is 0. The summed E-state index contributed by atoms with van der Waals surface area (Å²) >= 11 is 0. The number of hydrogen-bond donors (Lipinski definition) is 0. The van der Waals surface area contributed by atoms with E-state index in [9.17, 15) is 0 Å². The highest BCUT2D eigenvalue weighted by Gasteiger charge is 2.28. The van der Waals surface area contributed by atoms with Crippen molar-refractivity contribution in [2.45, 2.75) is 46.2 Å². The first-order valence-corrected chi connectivity index (χ1v) is 7.19. The number of hydrogen-bond acceptors (Lipinski definition) is 2. The van der Waals surface area contributed by atoms with E-state index in [1.807, 2.05) is 0 Å². The van der Waals surface area contributed by atoms with Gasteiger partial charge in [-0.15, -0.1) is 0 Å². The molecule has 0 aromatic heterocycles. The molecule has 0 amide bonds. The molecule has 18 heavy (non-hydrogen) atoms. The van der Waals surface area contributed by atoms with E-state index < -0.39 is 0 Å². The van der Waals surface area contributed by atoms with Gasteiger partial charge in [-0.25, -0.2) is 0 Å². The lowest BCUT2D eigenvalue weighted by molar-refractivity contribution is 0.200. The normalized spacial score (nSPS) is 25.4. The number of aryl methyl sites for hydroxylation is 1. The number of rotatable bonds is 3. The van der Waals surface area contributed by atoms with Gasteiger partial charge in [-0.3, -0.25) is 4.90 Å². The zero-order valence-corrected chi connectivity index (χ0v) is 12.2. The molecule has 1 aliphatic rings. The van der Waals surface area contributed by atoms with Gasteiger partial charge in [0.2, 0.25) is 0 Å². The van der Waals surface area contributed by atoms with Gasteiger partial charge >= 0.3 is 0 Å². The van der Waals surface area contributed by atoms with E-state index in [0.717, 1.165) is 0 Å². The molecule has 1 saturated heterocycles. The summed E-state index contributed by atoms with van der Waals surface area (Å²) in [7, 11) is 0. The highest BCUT2D eigenvalue weighted by Crippen LogP contribution is 2.24. The molecule has 1 aromatic rings. The predicted molar refractivity (Wildman–Crippen MR) is 79.3 cm³/mol. The minimum atomic E-state index is 0.600. The van der Waals surface area contributed by atoms with Crippen molar-refractivity contribution in [3.63, 3.8) is 0 Å². The smallest absolute Gasteiger partial charge is 0.0392 e. The Morgan fingerprint density at radius 3 is 2.11 bits per heavy atom. The van der Waals surface area contributed by atoms with Crippen LogP contribution >= 0.6 is 0 Å². The lowest BCUT2D eigenvalue weighted by atomic mass is 10.1. The van der Waals surface area contributed by atoms with E-state index in [-0.39, 0.29) is 0 Å². The van der Waals surface area contributed by atoms with Crippen LogP contribution in [0.4, 0.5) is 5.69 Å². The average molecular weight is 246 g/mol. The molecule has 1 fully saturated rings. The van der Waals surface area contributed by atoms with Crippen LogP contribution in [0.25, 0.3) is 0 Å². The second kappa shape index (κ2) is 5.75. The van der Waals surface area contributed by atoms with Crippen molar-refractivity contribution in [2.24, 2.45) is 0 Å². The molecule has 1 aromatic carbocycles. The minimum Gasteiger partial charge on any atom is -0.364 e. The first-order valence-electron chi connectivity index (χ1n) is 7.19. The van der Waals surface area contributed by atoms with Gasteiger partial charge < -0.3 is 4.90 Å². The Morgan fingerprint density at radius 2 is 1.61 bits per heavy atom. The topological polar surface area (TPSA) is 6.48 Å².